The lowest BCUT2D eigenvalue weighted by molar-refractivity contribution is -0.117. The minimum atomic E-state index is -0.0757. The smallest absolute Gasteiger partial charge is 0.229 e. The fourth-order valence-electron chi connectivity index (χ4n) is 3.18. The van der Waals surface area contributed by atoms with Crippen molar-refractivity contribution in [2.45, 2.75) is 26.7 Å². The van der Waals surface area contributed by atoms with E-state index in [0.717, 1.165) is 39.9 Å². The number of hydrogen-bond acceptors (Lipinski definition) is 7. The van der Waals surface area contributed by atoms with Crippen molar-refractivity contribution in [1.29, 1.82) is 0 Å². The standard InChI is InChI=1S/C19H16N6O2S/c1-9-5-14(10(2)26)20-7-13(9)12-6-15-18(25-16(12)21-8-22-25)28-19(23-15)24-17(27)11-3-4-11/h5-8,11H,3-4H2,1-2H3,(H,23,24,27). The molecule has 9 heteroatoms. The van der Waals surface area contributed by atoms with Crippen LogP contribution >= 0.6 is 11.3 Å². The summed E-state index contributed by atoms with van der Waals surface area (Å²) >= 11 is 1.38. The van der Waals surface area contributed by atoms with Crippen LogP contribution in [0, 0.1) is 12.8 Å². The zero-order chi connectivity index (χ0) is 19.4. The first-order valence-corrected chi connectivity index (χ1v) is 9.75. The molecule has 1 N–H and O–H groups in total. The van der Waals surface area contributed by atoms with Gasteiger partial charge in [-0.1, -0.05) is 11.3 Å². The van der Waals surface area contributed by atoms with Gasteiger partial charge in [0.15, 0.2) is 16.6 Å². The van der Waals surface area contributed by atoms with Crippen molar-refractivity contribution in [3.63, 3.8) is 0 Å². The van der Waals surface area contributed by atoms with Gasteiger partial charge in [-0.25, -0.2) is 14.5 Å². The molecule has 0 radical (unpaired) electrons. The third-order valence-electron chi connectivity index (χ3n) is 4.84. The molecule has 0 aromatic carbocycles. The number of hydrogen-bond donors (Lipinski definition) is 1. The highest BCUT2D eigenvalue weighted by molar-refractivity contribution is 7.22. The maximum absolute atomic E-state index is 12.1. The van der Waals surface area contributed by atoms with E-state index in [1.54, 1.807) is 16.8 Å². The Bertz CT molecular complexity index is 1270. The number of carbonyl (C=O) groups is 2. The van der Waals surface area contributed by atoms with Crippen molar-refractivity contribution in [2.75, 3.05) is 5.32 Å². The van der Waals surface area contributed by atoms with Gasteiger partial charge in [0, 0.05) is 30.2 Å². The number of carbonyl (C=O) groups excluding carboxylic acids is 2. The quantitative estimate of drug-likeness (QED) is 0.535. The van der Waals surface area contributed by atoms with E-state index < -0.39 is 0 Å². The number of ketones is 1. The van der Waals surface area contributed by atoms with E-state index in [0.29, 0.717) is 16.5 Å². The van der Waals surface area contributed by atoms with Crippen molar-refractivity contribution in [2.24, 2.45) is 5.92 Å². The number of fused-ring (bicyclic) bond motifs is 3. The van der Waals surface area contributed by atoms with Crippen LogP contribution in [0.15, 0.2) is 24.7 Å². The lowest BCUT2D eigenvalue weighted by atomic mass is 10.0. The van der Waals surface area contributed by atoms with Gasteiger partial charge >= 0.3 is 0 Å². The maximum atomic E-state index is 12.1. The summed E-state index contributed by atoms with van der Waals surface area (Å²) < 4.78 is 1.73. The number of aryl methyl sites for hydroxylation is 1. The third kappa shape index (κ3) is 2.75. The van der Waals surface area contributed by atoms with Gasteiger partial charge in [0.05, 0.1) is 0 Å². The molecule has 0 aliphatic heterocycles. The largest absolute Gasteiger partial charge is 0.302 e. The van der Waals surface area contributed by atoms with Crippen LogP contribution in [0.2, 0.25) is 0 Å². The van der Waals surface area contributed by atoms with Crippen molar-refractivity contribution >= 4 is 44.2 Å². The molecule has 1 aliphatic carbocycles. The number of amides is 1. The molecule has 1 saturated carbocycles. The molecule has 1 aliphatic rings. The van der Waals surface area contributed by atoms with E-state index in [-0.39, 0.29) is 17.6 Å². The highest BCUT2D eigenvalue weighted by Crippen LogP contribution is 2.35. The van der Waals surface area contributed by atoms with Crippen molar-refractivity contribution in [3.05, 3.63) is 35.9 Å². The normalized spacial score (nSPS) is 13.9. The summed E-state index contributed by atoms with van der Waals surface area (Å²) in [6, 6.07) is 3.71. The molecule has 0 unspecified atom stereocenters. The molecule has 0 atom stereocenters. The van der Waals surface area contributed by atoms with E-state index in [4.69, 9.17) is 0 Å². The van der Waals surface area contributed by atoms with Gasteiger partial charge in [0.2, 0.25) is 5.91 Å². The van der Waals surface area contributed by atoms with E-state index in [9.17, 15) is 9.59 Å². The van der Waals surface area contributed by atoms with Crippen LogP contribution < -0.4 is 5.32 Å². The Labute approximate surface area is 163 Å². The average molecular weight is 392 g/mol. The van der Waals surface area contributed by atoms with Crippen LogP contribution in [0.1, 0.15) is 35.8 Å². The molecule has 4 aromatic rings. The van der Waals surface area contributed by atoms with Gasteiger partial charge in [0.1, 0.15) is 22.4 Å². The van der Waals surface area contributed by atoms with E-state index >= 15 is 0 Å². The summed E-state index contributed by atoms with van der Waals surface area (Å²) in [7, 11) is 0. The second-order valence-electron chi connectivity index (χ2n) is 6.97. The van der Waals surface area contributed by atoms with Gasteiger partial charge in [-0.2, -0.15) is 5.10 Å². The molecule has 28 heavy (non-hydrogen) atoms. The number of rotatable bonds is 4. The summed E-state index contributed by atoms with van der Waals surface area (Å²) in [5.74, 6) is 0.0599. The van der Waals surface area contributed by atoms with E-state index in [2.05, 4.69) is 25.4 Å². The summed E-state index contributed by atoms with van der Waals surface area (Å²) in [4.78, 5) is 37.7. The highest BCUT2D eigenvalue weighted by Gasteiger charge is 2.30. The predicted octanol–water partition coefficient (Wildman–Crippen LogP) is 3.26. The SMILES string of the molecule is CC(=O)c1cc(C)c(-c2cc3nc(NC(=O)C4CC4)sc3n3ncnc23)cn1. The van der Waals surface area contributed by atoms with Crippen LogP contribution in [0.4, 0.5) is 5.13 Å². The molecule has 1 fully saturated rings. The molecular weight excluding hydrogens is 376 g/mol. The van der Waals surface area contributed by atoms with Crippen LogP contribution in [0.5, 0.6) is 0 Å². The van der Waals surface area contributed by atoms with Gasteiger partial charge in [-0.15, -0.1) is 0 Å². The first-order valence-electron chi connectivity index (χ1n) is 8.93. The number of nitrogens with zero attached hydrogens (tertiary/aromatic N) is 5. The van der Waals surface area contributed by atoms with Crippen molar-refractivity contribution in [1.82, 2.24) is 24.6 Å². The summed E-state index contributed by atoms with van der Waals surface area (Å²) in [6.07, 6.45) is 5.06. The highest BCUT2D eigenvalue weighted by atomic mass is 32.1. The molecular formula is C19H16N6O2S. The van der Waals surface area contributed by atoms with Crippen LogP contribution in [0.3, 0.4) is 0 Å². The van der Waals surface area contributed by atoms with E-state index in [1.165, 1.54) is 24.6 Å². The minimum Gasteiger partial charge on any atom is -0.302 e. The minimum absolute atomic E-state index is 0.0222. The summed E-state index contributed by atoms with van der Waals surface area (Å²) in [6.45, 7) is 3.43. The summed E-state index contributed by atoms with van der Waals surface area (Å²) in [5.41, 5.74) is 4.44. The summed E-state index contributed by atoms with van der Waals surface area (Å²) in [5, 5.41) is 7.79. The number of thiazole rings is 1. The molecule has 5 rings (SSSR count). The Morgan fingerprint density at radius 3 is 2.75 bits per heavy atom. The first kappa shape index (κ1) is 16.9. The van der Waals surface area contributed by atoms with Crippen molar-refractivity contribution in [3.8, 4) is 11.1 Å². The lowest BCUT2D eigenvalue weighted by Gasteiger charge is -2.08. The van der Waals surface area contributed by atoms with Gasteiger partial charge in [-0.3, -0.25) is 14.6 Å². The zero-order valence-electron chi connectivity index (χ0n) is 15.3. The van der Waals surface area contributed by atoms with Crippen LogP contribution in [-0.2, 0) is 4.79 Å². The fraction of sp³-hybridized carbons (Fsp3) is 0.263. The monoisotopic (exact) mass is 392 g/mol. The molecule has 4 aromatic heterocycles. The number of nitrogens with one attached hydrogen (secondary N) is 1. The van der Waals surface area contributed by atoms with E-state index in [1.807, 2.05) is 13.0 Å². The Morgan fingerprint density at radius 1 is 1.21 bits per heavy atom. The topological polar surface area (TPSA) is 102 Å². The third-order valence-corrected chi connectivity index (χ3v) is 5.80. The lowest BCUT2D eigenvalue weighted by Crippen LogP contribution is -2.12. The fourth-order valence-corrected chi connectivity index (χ4v) is 4.09. The van der Waals surface area contributed by atoms with Gasteiger partial charge in [-0.05, 0) is 37.5 Å². The Kier molecular flexibility index (Phi) is 3.73. The number of anilines is 1. The molecule has 1 amide bonds. The Morgan fingerprint density at radius 2 is 2.04 bits per heavy atom. The van der Waals surface area contributed by atoms with Crippen LogP contribution in [-0.4, -0.2) is 36.3 Å². The zero-order valence-corrected chi connectivity index (χ0v) is 16.1. The average Bonchev–Trinajstić information content (AvgIpc) is 3.26. The first-order chi connectivity index (χ1) is 13.5. The van der Waals surface area contributed by atoms with Gasteiger partial charge < -0.3 is 5.32 Å². The molecule has 0 saturated heterocycles. The maximum Gasteiger partial charge on any atom is 0.229 e. The van der Waals surface area contributed by atoms with Crippen molar-refractivity contribution < 1.29 is 9.59 Å². The predicted molar refractivity (Wildman–Crippen MR) is 105 cm³/mol. The number of Topliss-reactive ketones (excluding diaryl/α,β-unsaturated/α-hetero) is 1. The second kappa shape index (κ2) is 6.16. The molecule has 0 bridgehead atoms. The Hall–Kier alpha value is -3.20. The number of pyridine rings is 2. The number of aromatic nitrogens is 5. The molecule has 140 valence electrons. The second-order valence-corrected chi connectivity index (χ2v) is 7.94. The molecule has 8 nitrogen and oxygen atoms in total. The van der Waals surface area contributed by atoms with Gasteiger partial charge in [0.25, 0.3) is 0 Å². The molecule has 4 heterocycles. The van der Waals surface area contributed by atoms with Crippen LogP contribution in [0.25, 0.3) is 27.1 Å². The Balaban J connectivity index is 1.65. The molecule has 0 spiro atoms.